The van der Waals surface area contributed by atoms with Crippen LogP contribution in [-0.4, -0.2) is 25.5 Å². The van der Waals surface area contributed by atoms with E-state index in [1.807, 2.05) is 48.5 Å². The molecular weight excluding hydrogens is 340 g/mol. The predicted octanol–water partition coefficient (Wildman–Crippen LogP) is 3.43. The molecule has 0 fully saturated rings. The van der Waals surface area contributed by atoms with Gasteiger partial charge in [0.25, 0.3) is 5.91 Å². The van der Waals surface area contributed by atoms with E-state index >= 15 is 0 Å². The minimum atomic E-state index is -0.170. The summed E-state index contributed by atoms with van der Waals surface area (Å²) in [6, 6.07) is 15.1. The molecule has 0 spiro atoms. The van der Waals surface area contributed by atoms with Crippen LogP contribution in [0.2, 0.25) is 0 Å². The summed E-state index contributed by atoms with van der Waals surface area (Å²) in [4.78, 5) is 24.1. The minimum Gasteiger partial charge on any atom is -0.497 e. The summed E-state index contributed by atoms with van der Waals surface area (Å²) in [6.07, 6.45) is 0.232. The summed E-state index contributed by atoms with van der Waals surface area (Å²) in [5.41, 5.74) is 2.79. The maximum atomic E-state index is 12.2. The van der Waals surface area contributed by atoms with Crippen LogP contribution in [0.25, 0.3) is 0 Å². The summed E-state index contributed by atoms with van der Waals surface area (Å²) in [5, 5.41) is 5.63. The molecule has 2 N–H and O–H groups in total. The van der Waals surface area contributed by atoms with Crippen molar-refractivity contribution < 1.29 is 14.3 Å². The highest BCUT2D eigenvalue weighted by Crippen LogP contribution is 2.22. The molecule has 2 aromatic rings. The summed E-state index contributed by atoms with van der Waals surface area (Å²) < 4.78 is 5.16. The van der Waals surface area contributed by atoms with Gasteiger partial charge >= 0.3 is 0 Å². The van der Waals surface area contributed by atoms with Gasteiger partial charge in [0, 0.05) is 25.1 Å². The maximum absolute atomic E-state index is 12.2. The normalized spacial score (nSPS) is 11.0. The number of carbonyl (C=O) groups excluding carboxylic acids is 2. The van der Waals surface area contributed by atoms with E-state index in [2.05, 4.69) is 31.4 Å². The van der Waals surface area contributed by atoms with E-state index in [-0.39, 0.29) is 23.7 Å². The topological polar surface area (TPSA) is 67.4 Å². The molecule has 0 heterocycles. The molecule has 0 aliphatic carbocycles. The van der Waals surface area contributed by atoms with E-state index in [1.54, 1.807) is 7.11 Å². The first kappa shape index (κ1) is 20.5. The Morgan fingerprint density at radius 2 is 1.70 bits per heavy atom. The SMILES string of the molecule is COc1cccc(CNC(=O)CCNC(=O)c2ccc(C(C)(C)C)cc2)c1. The lowest BCUT2D eigenvalue weighted by atomic mass is 9.87. The number of hydrogen-bond donors (Lipinski definition) is 2. The number of rotatable bonds is 7. The number of methoxy groups -OCH3 is 1. The lowest BCUT2D eigenvalue weighted by molar-refractivity contribution is -0.121. The van der Waals surface area contributed by atoms with Crippen LogP contribution in [0, 0.1) is 0 Å². The average molecular weight is 368 g/mol. The molecule has 0 bridgehead atoms. The summed E-state index contributed by atoms with van der Waals surface area (Å²) in [6.45, 7) is 7.12. The number of benzene rings is 2. The first-order chi connectivity index (χ1) is 12.8. The van der Waals surface area contributed by atoms with Crippen LogP contribution in [0.4, 0.5) is 0 Å². The van der Waals surface area contributed by atoms with Crippen LogP contribution in [-0.2, 0) is 16.8 Å². The molecule has 0 saturated heterocycles. The summed E-state index contributed by atoms with van der Waals surface area (Å²) >= 11 is 0. The molecule has 0 radical (unpaired) electrons. The molecule has 2 rings (SSSR count). The highest BCUT2D eigenvalue weighted by Gasteiger charge is 2.14. The Balaban J connectivity index is 1.74. The molecule has 5 heteroatoms. The molecule has 0 aliphatic heterocycles. The second kappa shape index (κ2) is 9.21. The number of carbonyl (C=O) groups is 2. The quantitative estimate of drug-likeness (QED) is 0.787. The van der Waals surface area contributed by atoms with Gasteiger partial charge in [0.15, 0.2) is 0 Å². The third kappa shape index (κ3) is 6.44. The average Bonchev–Trinajstić information content (AvgIpc) is 2.66. The lowest BCUT2D eigenvalue weighted by Gasteiger charge is -2.19. The van der Waals surface area contributed by atoms with Crippen molar-refractivity contribution in [1.82, 2.24) is 10.6 Å². The van der Waals surface area contributed by atoms with Gasteiger partial charge in [0.05, 0.1) is 7.11 Å². The van der Waals surface area contributed by atoms with Gasteiger partial charge in [0.2, 0.25) is 5.91 Å². The molecule has 5 nitrogen and oxygen atoms in total. The first-order valence-electron chi connectivity index (χ1n) is 9.08. The van der Waals surface area contributed by atoms with E-state index in [0.717, 1.165) is 11.3 Å². The van der Waals surface area contributed by atoms with Gasteiger partial charge in [-0.2, -0.15) is 0 Å². The van der Waals surface area contributed by atoms with E-state index in [0.29, 0.717) is 18.7 Å². The van der Waals surface area contributed by atoms with Crippen LogP contribution in [0.3, 0.4) is 0 Å². The monoisotopic (exact) mass is 368 g/mol. The molecule has 0 aliphatic rings. The van der Waals surface area contributed by atoms with Crippen molar-refractivity contribution in [3.05, 3.63) is 65.2 Å². The van der Waals surface area contributed by atoms with Crippen LogP contribution >= 0.6 is 0 Å². The molecule has 0 saturated carbocycles. The van der Waals surface area contributed by atoms with Crippen molar-refractivity contribution in [2.24, 2.45) is 0 Å². The Labute approximate surface area is 161 Å². The molecular formula is C22H28N2O3. The lowest BCUT2D eigenvalue weighted by Crippen LogP contribution is -2.30. The predicted molar refractivity (Wildman–Crippen MR) is 107 cm³/mol. The van der Waals surface area contributed by atoms with Crippen molar-refractivity contribution in [3.63, 3.8) is 0 Å². The molecule has 0 unspecified atom stereocenters. The second-order valence-electron chi connectivity index (χ2n) is 7.46. The van der Waals surface area contributed by atoms with E-state index in [1.165, 1.54) is 5.56 Å². The second-order valence-corrected chi connectivity index (χ2v) is 7.46. The van der Waals surface area contributed by atoms with Crippen LogP contribution in [0.1, 0.15) is 48.7 Å². The molecule has 27 heavy (non-hydrogen) atoms. The van der Waals surface area contributed by atoms with Crippen LogP contribution in [0.15, 0.2) is 48.5 Å². The fourth-order valence-electron chi connectivity index (χ4n) is 2.58. The first-order valence-corrected chi connectivity index (χ1v) is 9.08. The van der Waals surface area contributed by atoms with Gasteiger partial charge in [-0.25, -0.2) is 0 Å². The van der Waals surface area contributed by atoms with Gasteiger partial charge in [-0.05, 0) is 40.8 Å². The number of amides is 2. The molecule has 144 valence electrons. The smallest absolute Gasteiger partial charge is 0.251 e. The number of ether oxygens (including phenoxy) is 1. The van der Waals surface area contributed by atoms with E-state index in [9.17, 15) is 9.59 Å². The van der Waals surface area contributed by atoms with Crippen molar-refractivity contribution in [1.29, 1.82) is 0 Å². The Kier molecular flexibility index (Phi) is 6.99. The van der Waals surface area contributed by atoms with Crippen molar-refractivity contribution in [3.8, 4) is 5.75 Å². The van der Waals surface area contributed by atoms with E-state index in [4.69, 9.17) is 4.74 Å². The highest BCUT2D eigenvalue weighted by atomic mass is 16.5. The van der Waals surface area contributed by atoms with Gasteiger partial charge in [0.1, 0.15) is 5.75 Å². The van der Waals surface area contributed by atoms with Crippen LogP contribution in [0.5, 0.6) is 5.75 Å². The summed E-state index contributed by atoms with van der Waals surface area (Å²) in [5.74, 6) is 0.476. The molecule has 2 amide bonds. The van der Waals surface area contributed by atoms with E-state index < -0.39 is 0 Å². The van der Waals surface area contributed by atoms with Crippen LogP contribution < -0.4 is 15.4 Å². The van der Waals surface area contributed by atoms with Gasteiger partial charge in [-0.1, -0.05) is 45.0 Å². The largest absolute Gasteiger partial charge is 0.497 e. The van der Waals surface area contributed by atoms with Gasteiger partial charge in [-0.3, -0.25) is 9.59 Å². The number of nitrogens with one attached hydrogen (secondary N) is 2. The Morgan fingerprint density at radius 1 is 1.00 bits per heavy atom. The van der Waals surface area contributed by atoms with Crippen molar-refractivity contribution in [2.45, 2.75) is 39.2 Å². The Hall–Kier alpha value is -2.82. The molecule has 0 atom stereocenters. The third-order valence-corrected chi connectivity index (χ3v) is 4.27. The zero-order chi connectivity index (χ0) is 19.9. The van der Waals surface area contributed by atoms with Gasteiger partial charge < -0.3 is 15.4 Å². The molecule has 2 aromatic carbocycles. The zero-order valence-electron chi connectivity index (χ0n) is 16.5. The van der Waals surface area contributed by atoms with Gasteiger partial charge in [-0.15, -0.1) is 0 Å². The fraction of sp³-hybridized carbons (Fsp3) is 0.364. The molecule has 0 aromatic heterocycles. The zero-order valence-corrected chi connectivity index (χ0v) is 16.5. The standard InChI is InChI=1S/C22H28N2O3/c1-22(2,3)18-10-8-17(9-11-18)21(26)23-13-12-20(25)24-15-16-6-5-7-19(14-16)27-4/h5-11,14H,12-13,15H2,1-4H3,(H,23,26)(H,24,25). The van der Waals surface area contributed by atoms with Crippen molar-refractivity contribution in [2.75, 3.05) is 13.7 Å². The Morgan fingerprint density at radius 3 is 2.33 bits per heavy atom. The third-order valence-electron chi connectivity index (χ3n) is 4.27. The maximum Gasteiger partial charge on any atom is 0.251 e. The summed E-state index contributed by atoms with van der Waals surface area (Å²) in [7, 11) is 1.61. The highest BCUT2D eigenvalue weighted by molar-refractivity contribution is 5.94. The number of hydrogen-bond acceptors (Lipinski definition) is 3. The fourth-order valence-corrected chi connectivity index (χ4v) is 2.58. The minimum absolute atomic E-state index is 0.0515. The van der Waals surface area contributed by atoms with Crippen molar-refractivity contribution >= 4 is 11.8 Å². The Bertz CT molecular complexity index is 777.